The molecule has 0 saturated heterocycles. The summed E-state index contributed by atoms with van der Waals surface area (Å²) in [6.45, 7) is 4.01. The summed E-state index contributed by atoms with van der Waals surface area (Å²) < 4.78 is 5.61. The maximum atomic E-state index is 13.0. The molecule has 4 rings (SSSR count). The quantitative estimate of drug-likeness (QED) is 0.302. The van der Waals surface area contributed by atoms with E-state index in [1.165, 1.54) is 0 Å². The van der Waals surface area contributed by atoms with Crippen molar-refractivity contribution in [1.29, 1.82) is 0 Å². The number of benzene rings is 3. The van der Waals surface area contributed by atoms with Gasteiger partial charge in [0.2, 0.25) is 0 Å². The number of hydrogen-bond acceptors (Lipinski definition) is 3. The van der Waals surface area contributed by atoms with Crippen LogP contribution in [0, 0.1) is 13.8 Å². The monoisotopic (exact) mass is 387 g/mol. The van der Waals surface area contributed by atoms with Crippen LogP contribution in [0.25, 0.3) is 22.2 Å². The Kier molecular flexibility index (Phi) is 4.84. The lowest BCUT2D eigenvalue weighted by atomic mass is 10.00. The zero-order valence-electron chi connectivity index (χ0n) is 15.6. The second-order valence-electron chi connectivity index (χ2n) is 6.74. The molecule has 0 fully saturated rings. The van der Waals surface area contributed by atoms with Crippen molar-refractivity contribution in [3.05, 3.63) is 94.5 Å². The molecular weight excluding hydrogens is 370 g/mol. The summed E-state index contributed by atoms with van der Waals surface area (Å²) in [7, 11) is 0. The van der Waals surface area contributed by atoms with Gasteiger partial charge < -0.3 is 4.74 Å². The van der Waals surface area contributed by atoms with Crippen molar-refractivity contribution in [1.82, 2.24) is 4.98 Å². The van der Waals surface area contributed by atoms with Crippen LogP contribution in [-0.4, -0.2) is 11.0 Å². The number of aryl methyl sites for hydroxylation is 2. The average Bonchev–Trinajstić information content (AvgIpc) is 2.68. The van der Waals surface area contributed by atoms with Crippen LogP contribution in [0.15, 0.2) is 72.8 Å². The maximum absolute atomic E-state index is 13.0. The smallest absolute Gasteiger partial charge is 0.344 e. The van der Waals surface area contributed by atoms with Crippen LogP contribution < -0.4 is 4.74 Å². The molecule has 4 heteroatoms. The molecule has 3 nitrogen and oxygen atoms in total. The van der Waals surface area contributed by atoms with E-state index in [0.717, 1.165) is 27.6 Å². The van der Waals surface area contributed by atoms with Crippen LogP contribution in [0.2, 0.25) is 5.02 Å². The topological polar surface area (TPSA) is 39.2 Å². The molecule has 0 spiro atoms. The normalized spacial score (nSPS) is 10.8. The van der Waals surface area contributed by atoms with Crippen LogP contribution >= 0.6 is 11.6 Å². The average molecular weight is 388 g/mol. The second-order valence-corrected chi connectivity index (χ2v) is 7.18. The zero-order valence-corrected chi connectivity index (χ0v) is 16.3. The predicted molar refractivity (Wildman–Crippen MR) is 113 cm³/mol. The lowest BCUT2D eigenvalue weighted by molar-refractivity contribution is 0.0737. The number of pyridine rings is 1. The lowest BCUT2D eigenvalue weighted by Crippen LogP contribution is -2.10. The van der Waals surface area contributed by atoms with Gasteiger partial charge in [-0.15, -0.1) is 0 Å². The molecule has 0 radical (unpaired) electrons. The van der Waals surface area contributed by atoms with Crippen LogP contribution in [0.5, 0.6) is 5.75 Å². The Balaban J connectivity index is 1.89. The minimum atomic E-state index is -0.404. The van der Waals surface area contributed by atoms with Gasteiger partial charge in [0.05, 0.1) is 16.8 Å². The summed E-state index contributed by atoms with van der Waals surface area (Å²) in [5.74, 6) is 0.105. The van der Waals surface area contributed by atoms with E-state index >= 15 is 0 Å². The molecule has 3 aromatic carbocycles. The van der Waals surface area contributed by atoms with Gasteiger partial charge >= 0.3 is 5.97 Å². The fourth-order valence-corrected chi connectivity index (χ4v) is 3.39. The van der Waals surface area contributed by atoms with E-state index in [-0.39, 0.29) is 0 Å². The van der Waals surface area contributed by atoms with E-state index in [1.807, 2.05) is 62.4 Å². The van der Waals surface area contributed by atoms with E-state index < -0.39 is 5.97 Å². The molecule has 0 amide bonds. The van der Waals surface area contributed by atoms with Crippen LogP contribution in [0.4, 0.5) is 0 Å². The third kappa shape index (κ3) is 3.62. The molecule has 0 bridgehead atoms. The lowest BCUT2D eigenvalue weighted by Gasteiger charge is -2.12. The third-order valence-electron chi connectivity index (χ3n) is 4.56. The fourth-order valence-electron chi connectivity index (χ4n) is 3.27. The van der Waals surface area contributed by atoms with Crippen LogP contribution in [0.3, 0.4) is 0 Å². The Morgan fingerprint density at radius 2 is 1.64 bits per heavy atom. The van der Waals surface area contributed by atoms with Gasteiger partial charge in [-0.2, -0.15) is 0 Å². The summed E-state index contributed by atoms with van der Waals surface area (Å²) in [6.07, 6.45) is 0. The van der Waals surface area contributed by atoms with Crippen LogP contribution in [-0.2, 0) is 0 Å². The number of hydrogen-bond donors (Lipinski definition) is 0. The number of rotatable bonds is 3. The summed E-state index contributed by atoms with van der Waals surface area (Å²) in [6, 6.07) is 22.3. The van der Waals surface area contributed by atoms with Crippen molar-refractivity contribution in [3.63, 3.8) is 0 Å². The Morgan fingerprint density at radius 1 is 0.929 bits per heavy atom. The predicted octanol–water partition coefficient (Wildman–Crippen LogP) is 6.39. The van der Waals surface area contributed by atoms with Gasteiger partial charge in [-0.25, -0.2) is 9.78 Å². The molecule has 138 valence electrons. The third-order valence-corrected chi connectivity index (χ3v) is 4.81. The Labute approximate surface area is 168 Å². The number of halogens is 1. The standard InChI is InChI=1S/C24H18ClNO2/c1-15-12-16(2)23-20(13-15)21(24(27)28-19-6-4-3-5-7-19)14-22(26-23)17-8-10-18(25)11-9-17/h3-14H,1-2H3. The Bertz CT molecular complexity index is 1170. The Hall–Kier alpha value is -3.17. The summed E-state index contributed by atoms with van der Waals surface area (Å²) in [5, 5.41) is 1.44. The first kappa shape index (κ1) is 18.2. The van der Waals surface area contributed by atoms with Crippen molar-refractivity contribution in [2.24, 2.45) is 0 Å². The largest absolute Gasteiger partial charge is 0.423 e. The van der Waals surface area contributed by atoms with Crippen molar-refractivity contribution >= 4 is 28.5 Å². The number of ether oxygens (including phenoxy) is 1. The first-order valence-corrected chi connectivity index (χ1v) is 9.34. The number of esters is 1. The van der Waals surface area contributed by atoms with Gasteiger partial charge in [-0.05, 0) is 55.8 Å². The number of nitrogens with zero attached hydrogens (tertiary/aromatic N) is 1. The van der Waals surface area contributed by atoms with Crippen LogP contribution in [0.1, 0.15) is 21.5 Å². The van der Waals surface area contributed by atoms with E-state index in [4.69, 9.17) is 21.3 Å². The molecule has 0 aliphatic carbocycles. The van der Waals surface area contributed by atoms with Crippen molar-refractivity contribution in [2.45, 2.75) is 13.8 Å². The van der Waals surface area contributed by atoms with Gasteiger partial charge in [-0.3, -0.25) is 0 Å². The minimum absolute atomic E-state index is 0.404. The van der Waals surface area contributed by atoms with Crippen molar-refractivity contribution < 1.29 is 9.53 Å². The van der Waals surface area contributed by atoms with Gasteiger partial charge in [0.25, 0.3) is 0 Å². The molecule has 1 aromatic heterocycles. The highest BCUT2D eigenvalue weighted by atomic mass is 35.5. The van der Waals surface area contributed by atoms with Gasteiger partial charge in [0, 0.05) is 16.0 Å². The highest BCUT2D eigenvalue weighted by Crippen LogP contribution is 2.29. The molecule has 4 aromatic rings. The van der Waals surface area contributed by atoms with Gasteiger partial charge in [-0.1, -0.05) is 53.6 Å². The van der Waals surface area contributed by atoms with Gasteiger partial charge in [0.1, 0.15) is 5.75 Å². The highest BCUT2D eigenvalue weighted by Gasteiger charge is 2.17. The Morgan fingerprint density at radius 3 is 2.36 bits per heavy atom. The SMILES string of the molecule is Cc1cc(C)c2nc(-c3ccc(Cl)cc3)cc(C(=O)Oc3ccccc3)c2c1. The summed E-state index contributed by atoms with van der Waals surface area (Å²) in [4.78, 5) is 17.8. The molecule has 0 N–H and O–H groups in total. The van der Waals surface area contributed by atoms with Gasteiger partial charge in [0.15, 0.2) is 0 Å². The number of aromatic nitrogens is 1. The summed E-state index contributed by atoms with van der Waals surface area (Å²) in [5.41, 5.74) is 4.96. The molecule has 28 heavy (non-hydrogen) atoms. The molecule has 0 aliphatic rings. The van der Waals surface area contributed by atoms with E-state index in [2.05, 4.69) is 6.07 Å². The first-order valence-electron chi connectivity index (χ1n) is 8.96. The van der Waals surface area contributed by atoms with Crippen molar-refractivity contribution in [3.8, 4) is 17.0 Å². The first-order chi connectivity index (χ1) is 13.5. The van der Waals surface area contributed by atoms with Crippen molar-refractivity contribution in [2.75, 3.05) is 0 Å². The maximum Gasteiger partial charge on any atom is 0.344 e. The molecule has 0 atom stereocenters. The molecular formula is C24H18ClNO2. The minimum Gasteiger partial charge on any atom is -0.423 e. The molecule has 0 saturated carbocycles. The van der Waals surface area contributed by atoms with E-state index in [9.17, 15) is 4.79 Å². The fraction of sp³-hybridized carbons (Fsp3) is 0.0833. The highest BCUT2D eigenvalue weighted by molar-refractivity contribution is 6.30. The molecule has 0 aliphatic heterocycles. The number of carbonyl (C=O) groups is 1. The van der Waals surface area contributed by atoms with E-state index in [1.54, 1.807) is 18.2 Å². The number of fused-ring (bicyclic) bond motifs is 1. The number of carbonyl (C=O) groups excluding carboxylic acids is 1. The summed E-state index contributed by atoms with van der Waals surface area (Å²) >= 11 is 6.01. The zero-order chi connectivity index (χ0) is 19.7. The molecule has 1 heterocycles. The second kappa shape index (κ2) is 7.45. The van der Waals surface area contributed by atoms with E-state index in [0.29, 0.717) is 22.0 Å². The number of para-hydroxylation sites is 1. The molecule has 0 unspecified atom stereocenters.